The van der Waals surface area contributed by atoms with E-state index in [0.717, 1.165) is 13.1 Å². The first kappa shape index (κ1) is 13.5. The molecule has 1 aliphatic rings. The fraction of sp³-hybridized carbons (Fsp3) is 0.429. The molecule has 1 aromatic rings. The first-order valence-corrected chi connectivity index (χ1v) is 6.28. The molecule has 0 spiro atoms. The number of ketones is 1. The molecule has 1 fully saturated rings. The number of likely N-dealkylation sites (N-methyl/N-ethyl adjacent to an activating group) is 1. The van der Waals surface area contributed by atoms with Crippen molar-refractivity contribution in [3.05, 3.63) is 29.8 Å². The molecule has 1 aromatic carbocycles. The molecule has 5 nitrogen and oxygen atoms in total. The van der Waals surface area contributed by atoms with E-state index in [1.165, 1.54) is 7.11 Å². The van der Waals surface area contributed by atoms with Crippen molar-refractivity contribution >= 4 is 11.7 Å². The third-order valence-corrected chi connectivity index (χ3v) is 3.32. The maximum atomic E-state index is 12.1. The highest BCUT2D eigenvalue weighted by Gasteiger charge is 2.25. The van der Waals surface area contributed by atoms with Gasteiger partial charge in [0, 0.05) is 31.7 Å². The van der Waals surface area contributed by atoms with Crippen LogP contribution >= 0.6 is 0 Å². The molecule has 19 heavy (non-hydrogen) atoms. The lowest BCUT2D eigenvalue weighted by Gasteiger charge is -2.31. The molecule has 0 aliphatic carbocycles. The summed E-state index contributed by atoms with van der Waals surface area (Å²) in [5.74, 6) is -0.318. The van der Waals surface area contributed by atoms with Gasteiger partial charge in [0.25, 0.3) is 11.7 Å². The van der Waals surface area contributed by atoms with Crippen molar-refractivity contribution in [2.75, 3.05) is 40.3 Å². The number of benzene rings is 1. The van der Waals surface area contributed by atoms with Crippen LogP contribution in [-0.2, 0) is 4.79 Å². The Kier molecular flexibility index (Phi) is 4.16. The molecular weight excluding hydrogens is 244 g/mol. The summed E-state index contributed by atoms with van der Waals surface area (Å²) in [5, 5.41) is 0. The van der Waals surface area contributed by atoms with Gasteiger partial charge in [-0.05, 0) is 19.2 Å². The second-order valence-electron chi connectivity index (χ2n) is 4.66. The van der Waals surface area contributed by atoms with Crippen LogP contribution < -0.4 is 4.74 Å². The Morgan fingerprint density at radius 1 is 1.16 bits per heavy atom. The highest BCUT2D eigenvalue weighted by molar-refractivity contribution is 6.42. The normalized spacial score (nSPS) is 16.2. The highest BCUT2D eigenvalue weighted by atomic mass is 16.5. The molecule has 2 rings (SSSR count). The minimum atomic E-state index is -0.469. The van der Waals surface area contributed by atoms with Gasteiger partial charge in [0.05, 0.1) is 7.11 Å². The number of hydrogen-bond acceptors (Lipinski definition) is 4. The largest absolute Gasteiger partial charge is 0.497 e. The molecule has 0 radical (unpaired) electrons. The average molecular weight is 262 g/mol. The van der Waals surface area contributed by atoms with Crippen LogP contribution in [-0.4, -0.2) is 61.8 Å². The zero-order valence-electron chi connectivity index (χ0n) is 11.3. The van der Waals surface area contributed by atoms with Crippen molar-refractivity contribution in [1.82, 2.24) is 9.80 Å². The van der Waals surface area contributed by atoms with Crippen LogP contribution in [0.5, 0.6) is 5.75 Å². The summed E-state index contributed by atoms with van der Waals surface area (Å²) < 4.78 is 5.06. The lowest BCUT2D eigenvalue weighted by Crippen LogP contribution is -2.49. The monoisotopic (exact) mass is 262 g/mol. The molecule has 1 aliphatic heterocycles. The molecule has 1 amide bonds. The molecule has 0 aromatic heterocycles. The van der Waals surface area contributed by atoms with Crippen molar-refractivity contribution in [2.45, 2.75) is 0 Å². The lowest BCUT2D eigenvalue weighted by atomic mass is 10.1. The number of rotatable bonds is 3. The van der Waals surface area contributed by atoms with E-state index in [9.17, 15) is 9.59 Å². The van der Waals surface area contributed by atoms with Gasteiger partial charge in [0.1, 0.15) is 5.75 Å². The standard InChI is InChI=1S/C14H18N2O3/c1-15-6-8-16(9-7-15)14(18)13(17)11-4-3-5-12(10-11)19-2/h3-5,10H,6-9H2,1-2H3. The molecule has 102 valence electrons. The number of methoxy groups -OCH3 is 1. The van der Waals surface area contributed by atoms with E-state index < -0.39 is 11.7 Å². The van der Waals surface area contributed by atoms with Crippen molar-refractivity contribution in [2.24, 2.45) is 0 Å². The van der Waals surface area contributed by atoms with Crippen molar-refractivity contribution in [3.8, 4) is 5.75 Å². The molecule has 1 saturated heterocycles. The molecule has 0 atom stereocenters. The van der Waals surface area contributed by atoms with E-state index in [4.69, 9.17) is 4.74 Å². The Hall–Kier alpha value is -1.88. The molecule has 0 saturated carbocycles. The number of piperazine rings is 1. The van der Waals surface area contributed by atoms with E-state index in [1.54, 1.807) is 29.2 Å². The zero-order chi connectivity index (χ0) is 13.8. The Balaban J connectivity index is 2.08. The Bertz CT molecular complexity index is 479. The van der Waals surface area contributed by atoms with Gasteiger partial charge in [-0.2, -0.15) is 0 Å². The number of ether oxygens (including phenoxy) is 1. The summed E-state index contributed by atoms with van der Waals surface area (Å²) in [7, 11) is 3.54. The molecule has 1 heterocycles. The van der Waals surface area contributed by atoms with Gasteiger partial charge < -0.3 is 14.5 Å². The van der Waals surface area contributed by atoms with Crippen LogP contribution in [0.25, 0.3) is 0 Å². The summed E-state index contributed by atoms with van der Waals surface area (Å²) >= 11 is 0. The Morgan fingerprint density at radius 3 is 2.47 bits per heavy atom. The first-order valence-electron chi connectivity index (χ1n) is 6.28. The number of Topliss-reactive ketones (excluding diaryl/α,β-unsaturated/α-hetero) is 1. The average Bonchev–Trinajstić information content (AvgIpc) is 2.46. The summed E-state index contributed by atoms with van der Waals surface area (Å²) in [6, 6.07) is 6.69. The summed E-state index contributed by atoms with van der Waals surface area (Å²) in [4.78, 5) is 28.0. The van der Waals surface area contributed by atoms with E-state index >= 15 is 0 Å². The van der Waals surface area contributed by atoms with Gasteiger partial charge >= 0.3 is 0 Å². The van der Waals surface area contributed by atoms with E-state index in [1.807, 2.05) is 7.05 Å². The van der Waals surface area contributed by atoms with Crippen LogP contribution in [0.2, 0.25) is 0 Å². The van der Waals surface area contributed by atoms with Crippen LogP contribution in [0.4, 0.5) is 0 Å². The van der Waals surface area contributed by atoms with Crippen LogP contribution in [0.1, 0.15) is 10.4 Å². The molecule has 0 N–H and O–H groups in total. The number of hydrogen-bond donors (Lipinski definition) is 0. The minimum Gasteiger partial charge on any atom is -0.497 e. The molecule has 0 unspecified atom stereocenters. The Labute approximate surface area is 112 Å². The van der Waals surface area contributed by atoms with E-state index in [-0.39, 0.29) is 0 Å². The number of carbonyl (C=O) groups is 2. The van der Waals surface area contributed by atoms with E-state index in [0.29, 0.717) is 24.4 Å². The fourth-order valence-corrected chi connectivity index (χ4v) is 2.04. The smallest absolute Gasteiger partial charge is 0.295 e. The fourth-order valence-electron chi connectivity index (χ4n) is 2.04. The summed E-state index contributed by atoms with van der Waals surface area (Å²) in [5.41, 5.74) is 0.378. The maximum Gasteiger partial charge on any atom is 0.295 e. The summed E-state index contributed by atoms with van der Waals surface area (Å²) in [6.45, 7) is 2.81. The van der Waals surface area contributed by atoms with Crippen molar-refractivity contribution in [3.63, 3.8) is 0 Å². The predicted molar refractivity (Wildman–Crippen MR) is 71.4 cm³/mol. The second kappa shape index (κ2) is 5.84. The van der Waals surface area contributed by atoms with Gasteiger partial charge in [-0.3, -0.25) is 9.59 Å². The van der Waals surface area contributed by atoms with Crippen LogP contribution in [0.3, 0.4) is 0 Å². The topological polar surface area (TPSA) is 49.9 Å². The first-order chi connectivity index (χ1) is 9.11. The minimum absolute atomic E-state index is 0.378. The summed E-state index contributed by atoms with van der Waals surface area (Å²) in [6.07, 6.45) is 0. The van der Waals surface area contributed by atoms with Crippen molar-refractivity contribution in [1.29, 1.82) is 0 Å². The Morgan fingerprint density at radius 2 is 1.84 bits per heavy atom. The highest BCUT2D eigenvalue weighted by Crippen LogP contribution is 2.14. The van der Waals surface area contributed by atoms with Crippen LogP contribution in [0, 0.1) is 0 Å². The third kappa shape index (κ3) is 3.12. The van der Waals surface area contributed by atoms with Gasteiger partial charge in [0.15, 0.2) is 0 Å². The third-order valence-electron chi connectivity index (χ3n) is 3.32. The predicted octanol–water partition coefficient (Wildman–Crippen LogP) is 0.652. The quantitative estimate of drug-likeness (QED) is 0.593. The van der Waals surface area contributed by atoms with Gasteiger partial charge in [-0.1, -0.05) is 12.1 Å². The lowest BCUT2D eigenvalue weighted by molar-refractivity contribution is -0.127. The van der Waals surface area contributed by atoms with Crippen LogP contribution in [0.15, 0.2) is 24.3 Å². The number of carbonyl (C=O) groups excluding carboxylic acids is 2. The second-order valence-corrected chi connectivity index (χ2v) is 4.66. The van der Waals surface area contributed by atoms with E-state index in [2.05, 4.69) is 4.90 Å². The number of amides is 1. The number of nitrogens with zero attached hydrogens (tertiary/aromatic N) is 2. The molecular formula is C14H18N2O3. The van der Waals surface area contributed by atoms with Gasteiger partial charge in [-0.25, -0.2) is 0 Å². The van der Waals surface area contributed by atoms with Crippen molar-refractivity contribution < 1.29 is 14.3 Å². The van der Waals surface area contributed by atoms with Gasteiger partial charge in [-0.15, -0.1) is 0 Å². The molecule has 0 bridgehead atoms. The maximum absolute atomic E-state index is 12.1. The SMILES string of the molecule is COc1cccc(C(=O)C(=O)N2CCN(C)CC2)c1. The van der Waals surface area contributed by atoms with Gasteiger partial charge in [0.2, 0.25) is 0 Å². The molecule has 5 heteroatoms. The zero-order valence-corrected chi connectivity index (χ0v) is 11.3.